The molecule has 2 amide bonds. The number of rotatable bonds is 6. The molecule has 134 valence electrons. The summed E-state index contributed by atoms with van der Waals surface area (Å²) in [5.74, 6) is 0.726. The van der Waals surface area contributed by atoms with Gasteiger partial charge in [-0.15, -0.1) is 0 Å². The summed E-state index contributed by atoms with van der Waals surface area (Å²) in [6, 6.07) is 12.9. The van der Waals surface area contributed by atoms with E-state index in [1.165, 1.54) is 11.1 Å². The molecule has 0 radical (unpaired) electrons. The maximum atomic E-state index is 12.1. The van der Waals surface area contributed by atoms with Gasteiger partial charge in [-0.2, -0.15) is 0 Å². The van der Waals surface area contributed by atoms with E-state index in [1.54, 1.807) is 31.4 Å². The highest BCUT2D eigenvalue weighted by atomic mass is 16.5. The SMILES string of the molecule is COc1ccc(C(O)CNC(=O)NC(C)c2cc(C)cc(C)c2)cc1. The summed E-state index contributed by atoms with van der Waals surface area (Å²) in [7, 11) is 1.59. The van der Waals surface area contributed by atoms with Crippen LogP contribution in [-0.4, -0.2) is 24.8 Å². The van der Waals surface area contributed by atoms with Crippen molar-refractivity contribution < 1.29 is 14.6 Å². The Labute approximate surface area is 149 Å². The lowest BCUT2D eigenvalue weighted by atomic mass is 10.0. The molecule has 0 aliphatic carbocycles. The monoisotopic (exact) mass is 342 g/mol. The Morgan fingerprint density at radius 2 is 1.68 bits per heavy atom. The van der Waals surface area contributed by atoms with E-state index >= 15 is 0 Å². The van der Waals surface area contributed by atoms with Gasteiger partial charge in [0.15, 0.2) is 0 Å². The van der Waals surface area contributed by atoms with Crippen LogP contribution >= 0.6 is 0 Å². The van der Waals surface area contributed by atoms with Gasteiger partial charge in [0.25, 0.3) is 0 Å². The number of amides is 2. The van der Waals surface area contributed by atoms with Gasteiger partial charge in [-0.25, -0.2) is 4.79 Å². The van der Waals surface area contributed by atoms with E-state index in [0.717, 1.165) is 16.9 Å². The molecule has 2 unspecified atom stereocenters. The highest BCUT2D eigenvalue weighted by Crippen LogP contribution is 2.18. The number of nitrogens with one attached hydrogen (secondary N) is 2. The Morgan fingerprint density at radius 3 is 2.24 bits per heavy atom. The van der Waals surface area contributed by atoms with Crippen molar-refractivity contribution in [1.29, 1.82) is 0 Å². The summed E-state index contributed by atoms with van der Waals surface area (Å²) in [5, 5.41) is 15.8. The van der Waals surface area contributed by atoms with Crippen LogP contribution < -0.4 is 15.4 Å². The normalized spacial score (nSPS) is 13.0. The van der Waals surface area contributed by atoms with Crippen molar-refractivity contribution in [2.24, 2.45) is 0 Å². The number of urea groups is 1. The summed E-state index contributed by atoms with van der Waals surface area (Å²) in [4.78, 5) is 12.1. The molecule has 0 heterocycles. The average molecular weight is 342 g/mol. The molecule has 2 rings (SSSR count). The van der Waals surface area contributed by atoms with Crippen LogP contribution in [0.1, 0.15) is 41.3 Å². The molecule has 2 atom stereocenters. The van der Waals surface area contributed by atoms with Crippen molar-refractivity contribution in [3.63, 3.8) is 0 Å². The zero-order valence-corrected chi connectivity index (χ0v) is 15.2. The molecule has 0 aliphatic heterocycles. The minimum Gasteiger partial charge on any atom is -0.497 e. The van der Waals surface area contributed by atoms with Gasteiger partial charge in [-0.1, -0.05) is 41.5 Å². The minimum atomic E-state index is -0.770. The van der Waals surface area contributed by atoms with Crippen LogP contribution in [0.25, 0.3) is 0 Å². The molecule has 2 aromatic rings. The van der Waals surface area contributed by atoms with Gasteiger partial charge in [0.2, 0.25) is 0 Å². The summed E-state index contributed by atoms with van der Waals surface area (Å²) in [6.07, 6.45) is -0.770. The first-order chi connectivity index (χ1) is 11.9. The van der Waals surface area contributed by atoms with Gasteiger partial charge in [-0.3, -0.25) is 0 Å². The molecule has 0 bridgehead atoms. The molecule has 0 saturated carbocycles. The summed E-state index contributed by atoms with van der Waals surface area (Å²) < 4.78 is 5.09. The Balaban J connectivity index is 1.86. The fraction of sp³-hybridized carbons (Fsp3) is 0.350. The lowest BCUT2D eigenvalue weighted by Crippen LogP contribution is -2.39. The quantitative estimate of drug-likeness (QED) is 0.753. The van der Waals surface area contributed by atoms with Crippen LogP contribution in [-0.2, 0) is 0 Å². The summed E-state index contributed by atoms with van der Waals surface area (Å²) in [6.45, 7) is 6.15. The molecule has 0 aromatic heterocycles. The number of methoxy groups -OCH3 is 1. The Morgan fingerprint density at radius 1 is 1.08 bits per heavy atom. The zero-order valence-electron chi connectivity index (χ0n) is 15.2. The molecular weight excluding hydrogens is 316 g/mol. The first-order valence-electron chi connectivity index (χ1n) is 8.33. The van der Waals surface area contributed by atoms with Crippen LogP contribution in [0.3, 0.4) is 0 Å². The number of ether oxygens (including phenoxy) is 1. The largest absolute Gasteiger partial charge is 0.497 e. The fourth-order valence-corrected chi connectivity index (χ4v) is 2.72. The predicted octanol–water partition coefficient (Wildman–Crippen LogP) is 3.41. The van der Waals surface area contributed by atoms with E-state index < -0.39 is 6.10 Å². The number of aliphatic hydroxyl groups excluding tert-OH is 1. The van der Waals surface area contributed by atoms with Gasteiger partial charge < -0.3 is 20.5 Å². The van der Waals surface area contributed by atoms with Crippen molar-refractivity contribution in [3.8, 4) is 5.75 Å². The van der Waals surface area contributed by atoms with Gasteiger partial charge >= 0.3 is 6.03 Å². The molecule has 3 N–H and O–H groups in total. The topological polar surface area (TPSA) is 70.6 Å². The smallest absolute Gasteiger partial charge is 0.315 e. The van der Waals surface area contributed by atoms with Crippen LogP contribution in [0, 0.1) is 13.8 Å². The number of aliphatic hydroxyl groups is 1. The van der Waals surface area contributed by atoms with Crippen molar-refractivity contribution in [3.05, 3.63) is 64.7 Å². The third-order valence-corrected chi connectivity index (χ3v) is 4.05. The molecule has 2 aromatic carbocycles. The maximum absolute atomic E-state index is 12.1. The number of benzene rings is 2. The third kappa shape index (κ3) is 5.50. The number of hydrogen-bond donors (Lipinski definition) is 3. The van der Waals surface area contributed by atoms with E-state index in [-0.39, 0.29) is 18.6 Å². The van der Waals surface area contributed by atoms with E-state index in [1.807, 2.05) is 20.8 Å². The summed E-state index contributed by atoms with van der Waals surface area (Å²) in [5.41, 5.74) is 4.12. The maximum Gasteiger partial charge on any atom is 0.315 e. The van der Waals surface area contributed by atoms with Crippen LogP contribution in [0.4, 0.5) is 4.79 Å². The lowest BCUT2D eigenvalue weighted by molar-refractivity contribution is 0.172. The summed E-state index contributed by atoms with van der Waals surface area (Å²) >= 11 is 0. The highest BCUT2D eigenvalue weighted by molar-refractivity contribution is 5.74. The Kier molecular flexibility index (Phi) is 6.42. The fourth-order valence-electron chi connectivity index (χ4n) is 2.72. The van der Waals surface area contributed by atoms with E-state index in [2.05, 4.69) is 28.8 Å². The number of aryl methyl sites for hydroxylation is 2. The predicted molar refractivity (Wildman–Crippen MR) is 98.8 cm³/mol. The van der Waals surface area contributed by atoms with E-state index in [0.29, 0.717) is 0 Å². The van der Waals surface area contributed by atoms with Gasteiger partial charge in [0.1, 0.15) is 5.75 Å². The third-order valence-electron chi connectivity index (χ3n) is 4.05. The second-order valence-corrected chi connectivity index (χ2v) is 6.29. The molecule has 5 heteroatoms. The molecule has 0 fully saturated rings. The zero-order chi connectivity index (χ0) is 18.4. The average Bonchev–Trinajstić information content (AvgIpc) is 2.58. The van der Waals surface area contributed by atoms with Crippen LogP contribution in [0.5, 0.6) is 5.75 Å². The highest BCUT2D eigenvalue weighted by Gasteiger charge is 2.13. The Bertz CT molecular complexity index is 693. The molecule has 0 aliphatic rings. The van der Waals surface area contributed by atoms with E-state index in [9.17, 15) is 9.90 Å². The molecule has 5 nitrogen and oxygen atoms in total. The van der Waals surface area contributed by atoms with Crippen LogP contribution in [0.15, 0.2) is 42.5 Å². The van der Waals surface area contributed by atoms with E-state index in [4.69, 9.17) is 4.74 Å². The molecular formula is C20H26N2O3. The first-order valence-corrected chi connectivity index (χ1v) is 8.33. The number of carbonyl (C=O) groups is 1. The molecule has 25 heavy (non-hydrogen) atoms. The van der Waals surface area contributed by atoms with Crippen molar-refractivity contribution in [2.45, 2.75) is 32.9 Å². The van der Waals surface area contributed by atoms with Gasteiger partial charge in [0.05, 0.1) is 19.3 Å². The molecule has 0 saturated heterocycles. The van der Waals surface area contributed by atoms with Crippen molar-refractivity contribution in [1.82, 2.24) is 10.6 Å². The lowest BCUT2D eigenvalue weighted by Gasteiger charge is -2.18. The van der Waals surface area contributed by atoms with Crippen molar-refractivity contribution >= 4 is 6.03 Å². The number of hydrogen-bond acceptors (Lipinski definition) is 3. The molecule has 0 spiro atoms. The second-order valence-electron chi connectivity index (χ2n) is 6.29. The Hall–Kier alpha value is -2.53. The van der Waals surface area contributed by atoms with Gasteiger partial charge in [0, 0.05) is 6.54 Å². The minimum absolute atomic E-state index is 0.114. The number of carbonyl (C=O) groups excluding carboxylic acids is 1. The van der Waals surface area contributed by atoms with Crippen molar-refractivity contribution in [2.75, 3.05) is 13.7 Å². The standard InChI is InChI=1S/C20H26N2O3/c1-13-9-14(2)11-17(10-13)15(3)22-20(24)21-12-19(23)16-5-7-18(25-4)8-6-16/h5-11,15,19,23H,12H2,1-4H3,(H2,21,22,24). The second kappa shape index (κ2) is 8.53. The first kappa shape index (κ1) is 18.8. The van der Waals surface area contributed by atoms with Crippen LogP contribution in [0.2, 0.25) is 0 Å². The van der Waals surface area contributed by atoms with Gasteiger partial charge in [-0.05, 0) is 44.0 Å².